The molecule has 2 unspecified atom stereocenters. The number of imidazole rings is 1. The molecular formula is C22H21N7O2. The quantitative estimate of drug-likeness (QED) is 0.436. The molecule has 5 aromatic rings. The number of hydrogen-bond donors (Lipinski definition) is 2. The topological polar surface area (TPSA) is 107 Å². The summed E-state index contributed by atoms with van der Waals surface area (Å²) in [6, 6.07) is 15.6. The van der Waals surface area contributed by atoms with Crippen molar-refractivity contribution in [2.24, 2.45) is 0 Å². The van der Waals surface area contributed by atoms with Gasteiger partial charge in [0.05, 0.1) is 30.0 Å². The lowest BCUT2D eigenvalue weighted by atomic mass is 10.1. The number of aromatic amines is 1. The Labute approximate surface area is 177 Å². The standard InChI is InChI=1S/C22H21N7O2/c1-2-6-19-14(4-1)10-20(31-19)21(25-15-7-8-17-18(11-15)24-13-23-17)22-26-27-28-29(22)12-16-5-3-9-30-16/h1-2,4,6-8,10-11,13,16,21,25H,3,5,9,12H2,(H,23,24). The van der Waals surface area contributed by atoms with Crippen molar-refractivity contribution >= 4 is 27.7 Å². The first-order valence-corrected chi connectivity index (χ1v) is 10.4. The van der Waals surface area contributed by atoms with Gasteiger partial charge in [-0.15, -0.1) is 5.10 Å². The number of anilines is 1. The van der Waals surface area contributed by atoms with E-state index in [1.807, 2.05) is 53.2 Å². The van der Waals surface area contributed by atoms with Crippen molar-refractivity contribution in [2.75, 3.05) is 11.9 Å². The van der Waals surface area contributed by atoms with Gasteiger partial charge in [0.2, 0.25) is 0 Å². The zero-order valence-corrected chi connectivity index (χ0v) is 16.7. The Morgan fingerprint density at radius 1 is 1.19 bits per heavy atom. The SMILES string of the molecule is c1ccc2oc(C(Nc3ccc4nc[nH]c4c3)c3nnnn3CC3CCCO3)cc2c1. The van der Waals surface area contributed by atoms with Gasteiger partial charge in [0, 0.05) is 17.7 Å². The van der Waals surface area contributed by atoms with Gasteiger partial charge in [-0.2, -0.15) is 0 Å². The second kappa shape index (κ2) is 7.51. The van der Waals surface area contributed by atoms with E-state index in [1.54, 1.807) is 6.33 Å². The van der Waals surface area contributed by atoms with Crippen LogP contribution in [0.4, 0.5) is 5.69 Å². The molecule has 156 valence electrons. The highest BCUT2D eigenvalue weighted by molar-refractivity contribution is 5.80. The van der Waals surface area contributed by atoms with E-state index >= 15 is 0 Å². The summed E-state index contributed by atoms with van der Waals surface area (Å²) in [7, 11) is 0. The monoisotopic (exact) mass is 415 g/mol. The maximum Gasteiger partial charge on any atom is 0.181 e. The molecule has 1 aliphatic heterocycles. The van der Waals surface area contributed by atoms with Crippen molar-refractivity contribution < 1.29 is 9.15 Å². The number of ether oxygens (including phenoxy) is 1. The number of aromatic nitrogens is 6. The van der Waals surface area contributed by atoms with Crippen LogP contribution in [0.1, 0.15) is 30.5 Å². The van der Waals surface area contributed by atoms with Crippen LogP contribution in [0, 0.1) is 0 Å². The number of fused-ring (bicyclic) bond motifs is 2. The Hall–Kier alpha value is -3.72. The van der Waals surface area contributed by atoms with Gasteiger partial charge in [0.15, 0.2) is 5.82 Å². The summed E-state index contributed by atoms with van der Waals surface area (Å²) >= 11 is 0. The number of rotatable bonds is 6. The van der Waals surface area contributed by atoms with E-state index in [-0.39, 0.29) is 12.1 Å². The first-order chi connectivity index (χ1) is 15.3. The summed E-state index contributed by atoms with van der Waals surface area (Å²) in [5.74, 6) is 1.42. The van der Waals surface area contributed by atoms with Crippen LogP contribution in [0.3, 0.4) is 0 Å². The Morgan fingerprint density at radius 2 is 2.16 bits per heavy atom. The first-order valence-electron chi connectivity index (χ1n) is 10.4. The number of hydrogen-bond acceptors (Lipinski definition) is 7. The molecule has 0 amide bonds. The maximum absolute atomic E-state index is 6.20. The molecular weight excluding hydrogens is 394 g/mol. The Balaban J connectivity index is 1.40. The highest BCUT2D eigenvalue weighted by atomic mass is 16.5. The van der Waals surface area contributed by atoms with Gasteiger partial charge in [0.1, 0.15) is 17.4 Å². The summed E-state index contributed by atoms with van der Waals surface area (Å²) < 4.78 is 13.8. The fourth-order valence-electron chi connectivity index (χ4n) is 4.13. The van der Waals surface area contributed by atoms with Crippen LogP contribution in [0.25, 0.3) is 22.0 Å². The summed E-state index contributed by atoms with van der Waals surface area (Å²) in [6.45, 7) is 1.40. The smallest absolute Gasteiger partial charge is 0.181 e. The van der Waals surface area contributed by atoms with E-state index in [4.69, 9.17) is 9.15 Å². The molecule has 6 rings (SSSR count). The molecule has 2 atom stereocenters. The Morgan fingerprint density at radius 3 is 3.06 bits per heavy atom. The third-order valence-electron chi connectivity index (χ3n) is 5.68. The van der Waals surface area contributed by atoms with Gasteiger partial charge in [-0.05, 0) is 53.6 Å². The third-order valence-corrected chi connectivity index (χ3v) is 5.68. The molecule has 9 nitrogen and oxygen atoms in total. The Bertz CT molecular complexity index is 1300. The largest absolute Gasteiger partial charge is 0.458 e. The predicted octanol–water partition coefficient (Wildman–Crippen LogP) is 3.68. The molecule has 2 aromatic carbocycles. The maximum atomic E-state index is 6.20. The Kier molecular flexibility index (Phi) is 4.38. The number of furan rings is 1. The van der Waals surface area contributed by atoms with Gasteiger partial charge in [0.25, 0.3) is 0 Å². The van der Waals surface area contributed by atoms with Crippen molar-refractivity contribution in [1.29, 1.82) is 0 Å². The number of para-hydroxylation sites is 1. The minimum Gasteiger partial charge on any atom is -0.458 e. The van der Waals surface area contributed by atoms with Crippen molar-refractivity contribution in [3.05, 3.63) is 66.4 Å². The molecule has 0 saturated carbocycles. The molecule has 31 heavy (non-hydrogen) atoms. The summed E-state index contributed by atoms with van der Waals surface area (Å²) in [4.78, 5) is 7.45. The second-order valence-corrected chi connectivity index (χ2v) is 7.75. The average molecular weight is 415 g/mol. The van der Waals surface area contributed by atoms with Crippen molar-refractivity contribution in [2.45, 2.75) is 31.5 Å². The van der Waals surface area contributed by atoms with Crippen LogP contribution in [-0.2, 0) is 11.3 Å². The van der Waals surface area contributed by atoms with E-state index in [9.17, 15) is 0 Å². The lowest BCUT2D eigenvalue weighted by molar-refractivity contribution is 0.0925. The van der Waals surface area contributed by atoms with Crippen molar-refractivity contribution in [1.82, 2.24) is 30.2 Å². The summed E-state index contributed by atoms with van der Waals surface area (Å²) in [6.07, 6.45) is 3.89. The van der Waals surface area contributed by atoms with Gasteiger partial charge < -0.3 is 19.5 Å². The molecule has 3 aromatic heterocycles. The normalized spacial score (nSPS) is 17.5. The van der Waals surface area contributed by atoms with E-state index in [2.05, 4.69) is 30.8 Å². The van der Waals surface area contributed by atoms with Gasteiger partial charge in [-0.25, -0.2) is 9.67 Å². The number of tetrazole rings is 1. The van der Waals surface area contributed by atoms with Crippen LogP contribution >= 0.6 is 0 Å². The molecule has 4 heterocycles. The first kappa shape index (κ1) is 18.1. The third kappa shape index (κ3) is 3.42. The van der Waals surface area contributed by atoms with Gasteiger partial charge >= 0.3 is 0 Å². The van der Waals surface area contributed by atoms with Crippen LogP contribution in [-0.4, -0.2) is 42.9 Å². The second-order valence-electron chi connectivity index (χ2n) is 7.75. The molecule has 1 saturated heterocycles. The van der Waals surface area contributed by atoms with Crippen LogP contribution in [0.5, 0.6) is 0 Å². The predicted molar refractivity (Wildman–Crippen MR) is 115 cm³/mol. The number of nitrogens with zero attached hydrogens (tertiary/aromatic N) is 5. The molecule has 1 aliphatic rings. The average Bonchev–Trinajstić information content (AvgIpc) is 3.59. The molecule has 2 N–H and O–H groups in total. The zero-order chi connectivity index (χ0) is 20.6. The molecule has 0 radical (unpaired) electrons. The fourth-order valence-corrected chi connectivity index (χ4v) is 4.13. The summed E-state index contributed by atoms with van der Waals surface area (Å²) in [5.41, 5.74) is 3.60. The lowest BCUT2D eigenvalue weighted by Crippen LogP contribution is -2.23. The van der Waals surface area contributed by atoms with E-state index in [0.29, 0.717) is 12.4 Å². The van der Waals surface area contributed by atoms with Crippen molar-refractivity contribution in [3.63, 3.8) is 0 Å². The van der Waals surface area contributed by atoms with Gasteiger partial charge in [-0.3, -0.25) is 0 Å². The van der Waals surface area contributed by atoms with Crippen LogP contribution in [0.2, 0.25) is 0 Å². The number of benzene rings is 2. The van der Waals surface area contributed by atoms with E-state index < -0.39 is 0 Å². The lowest BCUT2D eigenvalue weighted by Gasteiger charge is -2.18. The summed E-state index contributed by atoms with van der Waals surface area (Å²) in [5, 5.41) is 17.1. The zero-order valence-electron chi connectivity index (χ0n) is 16.7. The fraction of sp³-hybridized carbons (Fsp3) is 0.273. The number of nitrogens with one attached hydrogen (secondary N) is 2. The van der Waals surface area contributed by atoms with E-state index in [0.717, 1.165) is 52.9 Å². The van der Waals surface area contributed by atoms with E-state index in [1.165, 1.54) is 0 Å². The van der Waals surface area contributed by atoms with Crippen molar-refractivity contribution in [3.8, 4) is 0 Å². The molecule has 0 bridgehead atoms. The molecule has 1 fully saturated rings. The van der Waals surface area contributed by atoms with Gasteiger partial charge in [-0.1, -0.05) is 18.2 Å². The van der Waals surface area contributed by atoms with Crippen LogP contribution in [0.15, 0.2) is 59.3 Å². The molecule has 0 spiro atoms. The highest BCUT2D eigenvalue weighted by Gasteiger charge is 2.27. The number of H-pyrrole nitrogens is 1. The highest BCUT2D eigenvalue weighted by Crippen LogP contribution is 2.31. The van der Waals surface area contributed by atoms with Crippen LogP contribution < -0.4 is 5.32 Å². The molecule has 0 aliphatic carbocycles. The minimum absolute atomic E-state index is 0.125. The molecule has 9 heteroatoms. The minimum atomic E-state index is -0.371.